The van der Waals surface area contributed by atoms with Crippen LogP contribution in [-0.4, -0.2) is 5.84 Å². The molecule has 0 amide bonds. The maximum atomic E-state index is 7.38. The number of benzene rings is 2. The van der Waals surface area contributed by atoms with E-state index in [2.05, 4.69) is 19.1 Å². The van der Waals surface area contributed by atoms with E-state index in [4.69, 9.17) is 27.5 Å². The van der Waals surface area contributed by atoms with E-state index in [1.54, 1.807) is 18.2 Å². The van der Waals surface area contributed by atoms with E-state index in [9.17, 15) is 0 Å². The van der Waals surface area contributed by atoms with Crippen LogP contribution in [0.4, 0.5) is 0 Å². The Balaban J connectivity index is 2.13. The molecule has 0 atom stereocenters. The first-order valence-electron chi connectivity index (χ1n) is 6.51. The molecule has 0 fully saturated rings. The van der Waals surface area contributed by atoms with E-state index >= 15 is 0 Å². The summed E-state index contributed by atoms with van der Waals surface area (Å²) in [6.07, 6.45) is 2.20. The van der Waals surface area contributed by atoms with Gasteiger partial charge in [0.25, 0.3) is 0 Å². The van der Waals surface area contributed by atoms with Gasteiger partial charge in [0.1, 0.15) is 17.3 Å². The third kappa shape index (κ3) is 3.52. The molecule has 0 aliphatic heterocycles. The van der Waals surface area contributed by atoms with Crippen LogP contribution < -0.4 is 10.5 Å². The van der Waals surface area contributed by atoms with Crippen molar-refractivity contribution < 1.29 is 4.74 Å². The molecule has 0 aromatic heterocycles. The molecule has 0 bridgehead atoms. The summed E-state index contributed by atoms with van der Waals surface area (Å²) in [4.78, 5) is 0. The molecule has 4 heteroatoms. The SMILES string of the molecule is CCCc1ccc(Oc2ccc(C(=N)N)c(Cl)c2)cc1. The Bertz CT molecular complexity index is 608. The molecule has 2 aromatic rings. The number of halogens is 1. The Morgan fingerprint density at radius 1 is 1.15 bits per heavy atom. The van der Waals surface area contributed by atoms with E-state index in [0.717, 1.165) is 18.6 Å². The first kappa shape index (κ1) is 14.4. The van der Waals surface area contributed by atoms with Gasteiger partial charge in [-0.2, -0.15) is 0 Å². The molecule has 3 nitrogen and oxygen atoms in total. The zero-order valence-electron chi connectivity index (χ0n) is 11.3. The van der Waals surface area contributed by atoms with Gasteiger partial charge in [-0.1, -0.05) is 37.1 Å². The van der Waals surface area contributed by atoms with Crippen LogP contribution in [0.2, 0.25) is 5.02 Å². The highest BCUT2D eigenvalue weighted by Crippen LogP contribution is 2.27. The van der Waals surface area contributed by atoms with Crippen molar-refractivity contribution in [3.63, 3.8) is 0 Å². The van der Waals surface area contributed by atoms with E-state index in [1.807, 2.05) is 12.1 Å². The standard InChI is InChI=1S/C16H17ClN2O/c1-2-3-11-4-6-12(7-5-11)20-13-8-9-14(16(18)19)15(17)10-13/h4-10H,2-3H2,1H3,(H3,18,19). The molecule has 3 N–H and O–H groups in total. The maximum absolute atomic E-state index is 7.38. The zero-order valence-corrected chi connectivity index (χ0v) is 12.1. The summed E-state index contributed by atoms with van der Waals surface area (Å²) in [7, 11) is 0. The quantitative estimate of drug-likeness (QED) is 0.634. The van der Waals surface area contributed by atoms with Crippen molar-refractivity contribution in [1.29, 1.82) is 5.41 Å². The third-order valence-electron chi connectivity index (χ3n) is 2.93. The lowest BCUT2D eigenvalue weighted by molar-refractivity contribution is 0.482. The van der Waals surface area contributed by atoms with Crippen molar-refractivity contribution in [1.82, 2.24) is 0 Å². The first-order valence-corrected chi connectivity index (χ1v) is 6.88. The number of nitrogen functional groups attached to an aromatic ring is 1. The van der Waals surface area contributed by atoms with E-state index < -0.39 is 0 Å². The van der Waals surface area contributed by atoms with E-state index in [0.29, 0.717) is 16.3 Å². The molecular weight excluding hydrogens is 272 g/mol. The monoisotopic (exact) mass is 288 g/mol. The number of hydrogen-bond acceptors (Lipinski definition) is 2. The van der Waals surface area contributed by atoms with Gasteiger partial charge < -0.3 is 10.5 Å². The molecule has 104 valence electrons. The second kappa shape index (κ2) is 6.44. The summed E-state index contributed by atoms with van der Waals surface area (Å²) in [6.45, 7) is 2.16. The molecule has 0 saturated heterocycles. The summed E-state index contributed by atoms with van der Waals surface area (Å²) in [5.41, 5.74) is 7.23. The second-order valence-electron chi connectivity index (χ2n) is 4.55. The van der Waals surface area contributed by atoms with Crippen LogP contribution in [0.3, 0.4) is 0 Å². The van der Waals surface area contributed by atoms with Crippen LogP contribution in [0.15, 0.2) is 42.5 Å². The first-order chi connectivity index (χ1) is 9.60. The van der Waals surface area contributed by atoms with Gasteiger partial charge in [-0.15, -0.1) is 0 Å². The van der Waals surface area contributed by atoms with Crippen LogP contribution in [-0.2, 0) is 6.42 Å². The van der Waals surface area contributed by atoms with Crippen LogP contribution in [0.5, 0.6) is 11.5 Å². The van der Waals surface area contributed by atoms with Crippen LogP contribution >= 0.6 is 11.6 Å². The van der Waals surface area contributed by atoms with E-state index in [1.165, 1.54) is 5.56 Å². The highest BCUT2D eigenvalue weighted by atomic mass is 35.5. The minimum Gasteiger partial charge on any atom is -0.457 e. The highest BCUT2D eigenvalue weighted by molar-refractivity contribution is 6.34. The van der Waals surface area contributed by atoms with Crippen molar-refractivity contribution in [3.05, 3.63) is 58.6 Å². The van der Waals surface area contributed by atoms with Gasteiger partial charge in [-0.05, 0) is 36.2 Å². The summed E-state index contributed by atoms with van der Waals surface area (Å²) < 4.78 is 5.73. The average Bonchev–Trinajstić information content (AvgIpc) is 2.41. The predicted molar refractivity (Wildman–Crippen MR) is 83.0 cm³/mol. The number of hydrogen-bond donors (Lipinski definition) is 2. The molecule has 0 heterocycles. The Morgan fingerprint density at radius 2 is 1.80 bits per heavy atom. The summed E-state index contributed by atoms with van der Waals surface area (Å²) in [5.74, 6) is 1.34. The van der Waals surface area contributed by atoms with Crippen LogP contribution in [0.1, 0.15) is 24.5 Å². The van der Waals surface area contributed by atoms with Crippen LogP contribution in [0, 0.1) is 5.41 Å². The van der Waals surface area contributed by atoms with Crippen molar-refractivity contribution in [2.75, 3.05) is 0 Å². The molecule has 0 saturated carbocycles. The number of aryl methyl sites for hydroxylation is 1. The number of ether oxygens (including phenoxy) is 1. The van der Waals surface area contributed by atoms with Gasteiger partial charge in [-0.25, -0.2) is 0 Å². The van der Waals surface area contributed by atoms with Gasteiger partial charge in [-0.3, -0.25) is 5.41 Å². The summed E-state index contributed by atoms with van der Waals surface area (Å²) in [6, 6.07) is 13.1. The lowest BCUT2D eigenvalue weighted by atomic mass is 10.1. The van der Waals surface area contributed by atoms with E-state index in [-0.39, 0.29) is 5.84 Å². The lowest BCUT2D eigenvalue weighted by Crippen LogP contribution is -2.11. The molecule has 0 unspecified atom stereocenters. The van der Waals surface area contributed by atoms with Crippen molar-refractivity contribution in [2.24, 2.45) is 5.73 Å². The molecule has 0 radical (unpaired) electrons. The van der Waals surface area contributed by atoms with Crippen molar-refractivity contribution in [2.45, 2.75) is 19.8 Å². The number of nitrogens with two attached hydrogens (primary N) is 1. The van der Waals surface area contributed by atoms with Gasteiger partial charge in [0.05, 0.1) is 5.02 Å². The fourth-order valence-electron chi connectivity index (χ4n) is 1.93. The number of rotatable bonds is 5. The minimum atomic E-state index is -0.0505. The Hall–Kier alpha value is -2.00. The largest absolute Gasteiger partial charge is 0.457 e. The minimum absolute atomic E-state index is 0.0505. The smallest absolute Gasteiger partial charge is 0.128 e. The number of amidine groups is 1. The molecule has 2 rings (SSSR count). The fourth-order valence-corrected chi connectivity index (χ4v) is 2.20. The highest BCUT2D eigenvalue weighted by Gasteiger charge is 2.06. The molecular formula is C16H17ClN2O. The normalized spacial score (nSPS) is 10.3. The van der Waals surface area contributed by atoms with Crippen molar-refractivity contribution >= 4 is 17.4 Å². The van der Waals surface area contributed by atoms with Gasteiger partial charge >= 0.3 is 0 Å². The Labute approximate surface area is 123 Å². The molecule has 0 aliphatic rings. The van der Waals surface area contributed by atoms with Crippen LogP contribution in [0.25, 0.3) is 0 Å². The lowest BCUT2D eigenvalue weighted by Gasteiger charge is -2.09. The molecule has 0 spiro atoms. The third-order valence-corrected chi connectivity index (χ3v) is 3.24. The van der Waals surface area contributed by atoms with Crippen molar-refractivity contribution in [3.8, 4) is 11.5 Å². The molecule has 2 aromatic carbocycles. The summed E-state index contributed by atoms with van der Waals surface area (Å²) >= 11 is 6.06. The number of nitrogens with one attached hydrogen (secondary N) is 1. The van der Waals surface area contributed by atoms with Gasteiger partial charge in [0.15, 0.2) is 0 Å². The second-order valence-corrected chi connectivity index (χ2v) is 4.96. The zero-order chi connectivity index (χ0) is 14.5. The predicted octanol–water partition coefficient (Wildman–Crippen LogP) is 4.37. The Morgan fingerprint density at radius 3 is 2.35 bits per heavy atom. The average molecular weight is 289 g/mol. The Kier molecular flexibility index (Phi) is 4.64. The molecule has 20 heavy (non-hydrogen) atoms. The topological polar surface area (TPSA) is 59.1 Å². The van der Waals surface area contributed by atoms with Gasteiger partial charge in [0, 0.05) is 11.6 Å². The van der Waals surface area contributed by atoms with Gasteiger partial charge in [0.2, 0.25) is 0 Å². The fraction of sp³-hybridized carbons (Fsp3) is 0.188. The summed E-state index contributed by atoms with van der Waals surface area (Å²) in [5, 5.41) is 7.80. The molecule has 0 aliphatic carbocycles. The maximum Gasteiger partial charge on any atom is 0.128 e.